The molecule has 0 unspecified atom stereocenters. The first-order valence-electron chi connectivity index (χ1n) is 10.4. The van der Waals surface area contributed by atoms with E-state index in [1.54, 1.807) is 0 Å². The third kappa shape index (κ3) is 3.67. The van der Waals surface area contributed by atoms with Gasteiger partial charge in [0.05, 0.1) is 17.9 Å². The second kappa shape index (κ2) is 7.69. The minimum Gasteiger partial charge on any atom is -0.369 e. The maximum absolute atomic E-state index is 13.0. The summed E-state index contributed by atoms with van der Waals surface area (Å²) in [5.41, 5.74) is 2.65. The molecule has 1 aliphatic carbocycles. The van der Waals surface area contributed by atoms with E-state index in [1.165, 1.54) is 38.6 Å². The van der Waals surface area contributed by atoms with Crippen molar-refractivity contribution in [2.24, 2.45) is 5.92 Å². The Bertz CT molecular complexity index is 630. The van der Waals surface area contributed by atoms with Gasteiger partial charge in [-0.1, -0.05) is 19.3 Å². The van der Waals surface area contributed by atoms with Crippen molar-refractivity contribution >= 4 is 5.91 Å². The third-order valence-electron chi connectivity index (χ3n) is 6.34. The number of fused-ring (bicyclic) bond motifs is 1. The molecule has 1 aromatic heterocycles. The lowest BCUT2D eigenvalue weighted by atomic mass is 9.89. The smallest absolute Gasteiger partial charge is 0.274 e. The zero-order valence-electron chi connectivity index (χ0n) is 16.2. The molecule has 1 amide bonds. The Morgan fingerprint density at radius 2 is 1.88 bits per heavy atom. The Labute approximate surface area is 156 Å². The van der Waals surface area contributed by atoms with Crippen LogP contribution in [0.4, 0.5) is 0 Å². The van der Waals surface area contributed by atoms with Crippen LogP contribution in [0.3, 0.4) is 0 Å². The largest absolute Gasteiger partial charge is 0.369 e. The Morgan fingerprint density at radius 1 is 1.15 bits per heavy atom. The van der Waals surface area contributed by atoms with Crippen LogP contribution in [0.15, 0.2) is 0 Å². The molecule has 1 aromatic rings. The maximum atomic E-state index is 13.0. The molecule has 1 saturated carbocycles. The number of nitrogens with zero attached hydrogens (tertiary/aromatic N) is 3. The van der Waals surface area contributed by atoms with Crippen molar-refractivity contribution < 1.29 is 9.53 Å². The van der Waals surface area contributed by atoms with E-state index in [0.29, 0.717) is 5.69 Å². The van der Waals surface area contributed by atoms with E-state index in [2.05, 4.69) is 22.0 Å². The van der Waals surface area contributed by atoms with Crippen molar-refractivity contribution in [1.29, 1.82) is 0 Å². The number of aromatic nitrogens is 2. The van der Waals surface area contributed by atoms with Gasteiger partial charge in [-0.2, -0.15) is 5.10 Å². The van der Waals surface area contributed by atoms with Crippen LogP contribution in [0.25, 0.3) is 0 Å². The highest BCUT2D eigenvalue weighted by Crippen LogP contribution is 2.31. The summed E-state index contributed by atoms with van der Waals surface area (Å²) < 4.78 is 5.83. The van der Waals surface area contributed by atoms with Crippen molar-refractivity contribution in [3.63, 3.8) is 0 Å². The highest BCUT2D eigenvalue weighted by atomic mass is 16.5. The summed E-state index contributed by atoms with van der Waals surface area (Å²) in [6.07, 6.45) is 7.85. The van der Waals surface area contributed by atoms with Gasteiger partial charge in [-0.25, -0.2) is 0 Å². The molecule has 0 radical (unpaired) electrons. The SMILES string of the molecule is C[C@@H]1Cc2c(C(=O)N3CCN(CC4CCCCC4)CC3)n[nH]c2[C@H](C)O1. The Balaban J connectivity index is 1.35. The first kappa shape index (κ1) is 18.0. The number of piperazine rings is 1. The van der Waals surface area contributed by atoms with Gasteiger partial charge in [-0.05, 0) is 32.6 Å². The minimum atomic E-state index is -0.0184. The first-order chi connectivity index (χ1) is 12.6. The lowest BCUT2D eigenvalue weighted by molar-refractivity contribution is -0.00704. The van der Waals surface area contributed by atoms with Gasteiger partial charge >= 0.3 is 0 Å². The van der Waals surface area contributed by atoms with Gasteiger partial charge in [0.2, 0.25) is 0 Å². The molecule has 6 heteroatoms. The normalized spacial score (nSPS) is 28.2. The van der Waals surface area contributed by atoms with Gasteiger partial charge in [-0.15, -0.1) is 0 Å². The number of carbonyl (C=O) groups is 1. The summed E-state index contributed by atoms with van der Waals surface area (Å²) in [4.78, 5) is 17.6. The Kier molecular flexibility index (Phi) is 5.32. The molecule has 3 heterocycles. The van der Waals surface area contributed by atoms with Crippen molar-refractivity contribution in [3.8, 4) is 0 Å². The molecule has 2 fully saturated rings. The van der Waals surface area contributed by atoms with E-state index in [4.69, 9.17) is 4.74 Å². The Hall–Kier alpha value is -1.40. The molecule has 144 valence electrons. The summed E-state index contributed by atoms with van der Waals surface area (Å²) in [6.45, 7) is 8.90. The van der Waals surface area contributed by atoms with Crippen LogP contribution in [-0.2, 0) is 11.2 Å². The first-order valence-corrected chi connectivity index (χ1v) is 10.4. The van der Waals surface area contributed by atoms with Crippen LogP contribution < -0.4 is 0 Å². The third-order valence-corrected chi connectivity index (χ3v) is 6.34. The van der Waals surface area contributed by atoms with Gasteiger partial charge in [0.25, 0.3) is 5.91 Å². The lowest BCUT2D eigenvalue weighted by Gasteiger charge is -2.37. The highest BCUT2D eigenvalue weighted by molar-refractivity contribution is 5.94. The zero-order valence-corrected chi connectivity index (χ0v) is 16.2. The van der Waals surface area contributed by atoms with Gasteiger partial charge in [-0.3, -0.25) is 14.8 Å². The highest BCUT2D eigenvalue weighted by Gasteiger charge is 2.32. The fourth-order valence-electron chi connectivity index (χ4n) is 4.87. The van der Waals surface area contributed by atoms with Crippen molar-refractivity contribution in [2.75, 3.05) is 32.7 Å². The number of rotatable bonds is 3. The molecule has 4 rings (SSSR count). The van der Waals surface area contributed by atoms with Crippen LogP contribution in [0.2, 0.25) is 0 Å². The number of H-pyrrole nitrogens is 1. The molecule has 6 nitrogen and oxygen atoms in total. The van der Waals surface area contributed by atoms with Gasteiger partial charge in [0, 0.05) is 44.7 Å². The van der Waals surface area contributed by atoms with Gasteiger partial charge in [0.15, 0.2) is 5.69 Å². The second-order valence-corrected chi connectivity index (χ2v) is 8.35. The number of hydrogen-bond acceptors (Lipinski definition) is 4. The summed E-state index contributed by atoms with van der Waals surface area (Å²) in [5, 5.41) is 7.41. The number of hydrogen-bond donors (Lipinski definition) is 1. The summed E-state index contributed by atoms with van der Waals surface area (Å²) >= 11 is 0. The monoisotopic (exact) mass is 360 g/mol. The molecule has 1 N–H and O–H groups in total. The molecule has 0 spiro atoms. The van der Waals surface area contributed by atoms with E-state index in [9.17, 15) is 4.79 Å². The molecular formula is C20H32N4O2. The van der Waals surface area contributed by atoms with Gasteiger partial charge < -0.3 is 9.64 Å². The number of amides is 1. The van der Waals surface area contributed by atoms with Crippen molar-refractivity contribution in [3.05, 3.63) is 17.0 Å². The molecular weight excluding hydrogens is 328 g/mol. The Morgan fingerprint density at radius 3 is 2.62 bits per heavy atom. The lowest BCUT2D eigenvalue weighted by Crippen LogP contribution is -2.50. The van der Waals surface area contributed by atoms with Gasteiger partial charge in [0.1, 0.15) is 0 Å². The molecule has 0 bridgehead atoms. The number of ether oxygens (including phenoxy) is 1. The van der Waals surface area contributed by atoms with Crippen LogP contribution >= 0.6 is 0 Å². The van der Waals surface area contributed by atoms with E-state index in [-0.39, 0.29) is 18.1 Å². The van der Waals surface area contributed by atoms with E-state index >= 15 is 0 Å². The molecule has 3 aliphatic rings. The fourth-order valence-corrected chi connectivity index (χ4v) is 4.87. The van der Waals surface area contributed by atoms with E-state index in [0.717, 1.165) is 49.8 Å². The summed E-state index contributed by atoms with van der Waals surface area (Å²) in [5.74, 6) is 0.952. The fraction of sp³-hybridized carbons (Fsp3) is 0.800. The van der Waals surface area contributed by atoms with Crippen molar-refractivity contribution in [1.82, 2.24) is 20.0 Å². The molecule has 26 heavy (non-hydrogen) atoms. The number of carbonyl (C=O) groups excluding carboxylic acids is 1. The summed E-state index contributed by atoms with van der Waals surface area (Å²) in [6, 6.07) is 0. The maximum Gasteiger partial charge on any atom is 0.274 e. The number of aromatic amines is 1. The quantitative estimate of drug-likeness (QED) is 0.900. The average molecular weight is 361 g/mol. The van der Waals surface area contributed by atoms with Crippen LogP contribution in [0.1, 0.15) is 73.8 Å². The molecule has 2 atom stereocenters. The number of nitrogens with one attached hydrogen (secondary N) is 1. The van der Waals surface area contributed by atoms with Crippen LogP contribution in [0.5, 0.6) is 0 Å². The van der Waals surface area contributed by atoms with E-state index in [1.807, 2.05) is 11.8 Å². The predicted molar refractivity (Wildman–Crippen MR) is 100 cm³/mol. The second-order valence-electron chi connectivity index (χ2n) is 8.35. The zero-order chi connectivity index (χ0) is 18.1. The molecule has 0 aromatic carbocycles. The standard InChI is InChI=1S/C20H32N4O2/c1-14-12-17-18(15(2)26-14)21-22-19(17)20(25)24-10-8-23(9-11-24)13-16-6-4-3-5-7-16/h14-16H,3-13H2,1-2H3,(H,21,22)/t14-,15+/m1/s1. The summed E-state index contributed by atoms with van der Waals surface area (Å²) in [7, 11) is 0. The minimum absolute atomic E-state index is 0.0184. The predicted octanol–water partition coefficient (Wildman–Crippen LogP) is 2.77. The van der Waals surface area contributed by atoms with Crippen LogP contribution in [0, 0.1) is 5.92 Å². The average Bonchev–Trinajstić information content (AvgIpc) is 3.07. The van der Waals surface area contributed by atoms with E-state index < -0.39 is 0 Å². The van der Waals surface area contributed by atoms with Crippen molar-refractivity contribution in [2.45, 2.75) is 64.6 Å². The topological polar surface area (TPSA) is 61.5 Å². The molecule has 1 saturated heterocycles. The molecule has 2 aliphatic heterocycles. The van der Waals surface area contributed by atoms with Crippen LogP contribution in [-0.4, -0.2) is 64.7 Å².